The van der Waals surface area contributed by atoms with Gasteiger partial charge in [0.1, 0.15) is 5.82 Å². The second kappa shape index (κ2) is 13.8. The predicted octanol–water partition coefficient (Wildman–Crippen LogP) is 6.76. The average molecular weight is 648 g/mol. The molecule has 0 atom stereocenters. The Labute approximate surface area is 262 Å². The Kier molecular flexibility index (Phi) is 10.0. The standard InChI is InChI=1S/C31H34F3N5.C2HF3O2/c1-37-13-11-27(12-14-37)39-17-15-38(16-18-39)21-22-3-2-4-25(19-22)23-5-7-24(8-6-23)30-35-28-10-9-26(31(32,33)34)20-29(28)36-30;3-2(4,5)1(6)7/h2-10,19-20,27H,11-18,21H2,1H3,(H,35,36);(H,6,7). The minimum atomic E-state index is -5.08. The van der Waals surface area contributed by atoms with Gasteiger partial charge in [-0.05, 0) is 73.9 Å². The third-order valence-corrected chi connectivity index (χ3v) is 8.49. The minimum absolute atomic E-state index is 0.379. The first-order valence-electron chi connectivity index (χ1n) is 15.0. The molecule has 0 unspecified atom stereocenters. The van der Waals surface area contributed by atoms with Crippen molar-refractivity contribution in [2.24, 2.45) is 0 Å². The van der Waals surface area contributed by atoms with E-state index in [1.807, 2.05) is 24.3 Å². The van der Waals surface area contributed by atoms with Gasteiger partial charge in [-0.25, -0.2) is 9.78 Å². The highest BCUT2D eigenvalue weighted by molar-refractivity contribution is 5.80. The van der Waals surface area contributed by atoms with Gasteiger partial charge in [0, 0.05) is 44.3 Å². The zero-order valence-electron chi connectivity index (χ0n) is 25.2. The molecule has 2 N–H and O–H groups in total. The number of H-pyrrole nitrogens is 1. The highest BCUT2D eigenvalue weighted by Crippen LogP contribution is 2.32. The van der Waals surface area contributed by atoms with Crippen LogP contribution in [0.4, 0.5) is 26.3 Å². The Balaban J connectivity index is 0.000000537. The number of fused-ring (bicyclic) bond motifs is 1. The maximum absolute atomic E-state index is 13.1. The number of carboxylic acids is 1. The van der Waals surface area contributed by atoms with Crippen molar-refractivity contribution in [1.29, 1.82) is 0 Å². The number of piperazine rings is 1. The van der Waals surface area contributed by atoms with Crippen LogP contribution in [0.3, 0.4) is 0 Å². The van der Waals surface area contributed by atoms with Crippen LogP contribution < -0.4 is 0 Å². The van der Waals surface area contributed by atoms with E-state index in [0.717, 1.165) is 67.6 Å². The Morgan fingerprint density at radius 1 is 0.848 bits per heavy atom. The molecule has 13 heteroatoms. The zero-order chi connectivity index (χ0) is 33.1. The fraction of sp³-hybridized carbons (Fsp3) is 0.394. The highest BCUT2D eigenvalue weighted by atomic mass is 19.4. The van der Waals surface area contributed by atoms with Gasteiger partial charge >= 0.3 is 18.3 Å². The van der Waals surface area contributed by atoms with E-state index in [2.05, 4.69) is 56.0 Å². The molecule has 3 aromatic carbocycles. The summed E-state index contributed by atoms with van der Waals surface area (Å²) in [5, 5.41) is 7.12. The van der Waals surface area contributed by atoms with Gasteiger partial charge < -0.3 is 15.0 Å². The van der Waals surface area contributed by atoms with Crippen LogP contribution in [0.1, 0.15) is 24.0 Å². The number of rotatable bonds is 5. The Bertz CT molecular complexity index is 1620. The molecular formula is C33H35F6N5O2. The second-order valence-electron chi connectivity index (χ2n) is 11.7. The van der Waals surface area contributed by atoms with Crippen molar-refractivity contribution in [2.45, 2.75) is 37.8 Å². The molecule has 1 aromatic heterocycles. The number of halogens is 6. The topological polar surface area (TPSA) is 75.7 Å². The number of hydrogen-bond donors (Lipinski definition) is 2. The quantitative estimate of drug-likeness (QED) is 0.233. The van der Waals surface area contributed by atoms with Crippen molar-refractivity contribution >= 4 is 17.0 Å². The summed E-state index contributed by atoms with van der Waals surface area (Å²) in [6, 6.07) is 21.0. The van der Waals surface area contributed by atoms with Crippen molar-refractivity contribution in [3.8, 4) is 22.5 Å². The maximum atomic E-state index is 13.1. The summed E-state index contributed by atoms with van der Waals surface area (Å²) in [6.45, 7) is 7.87. The number of carbonyl (C=O) groups is 1. The number of piperidine rings is 1. The van der Waals surface area contributed by atoms with E-state index in [1.54, 1.807) is 0 Å². The molecule has 7 nitrogen and oxygen atoms in total. The van der Waals surface area contributed by atoms with E-state index in [-0.39, 0.29) is 0 Å². The number of benzene rings is 3. The van der Waals surface area contributed by atoms with Crippen LogP contribution in [-0.2, 0) is 17.5 Å². The van der Waals surface area contributed by atoms with Gasteiger partial charge in [-0.2, -0.15) is 26.3 Å². The Morgan fingerprint density at radius 2 is 1.48 bits per heavy atom. The lowest BCUT2D eigenvalue weighted by molar-refractivity contribution is -0.192. The van der Waals surface area contributed by atoms with Gasteiger partial charge in [0.05, 0.1) is 16.6 Å². The summed E-state index contributed by atoms with van der Waals surface area (Å²) in [5.74, 6) is -2.20. The first kappa shape index (κ1) is 33.4. The molecule has 0 aliphatic carbocycles. The highest BCUT2D eigenvalue weighted by Gasteiger charge is 2.38. The minimum Gasteiger partial charge on any atom is -0.475 e. The summed E-state index contributed by atoms with van der Waals surface area (Å²) in [6.07, 6.45) is -6.89. The van der Waals surface area contributed by atoms with Gasteiger partial charge in [-0.1, -0.05) is 42.5 Å². The van der Waals surface area contributed by atoms with Crippen molar-refractivity contribution in [2.75, 3.05) is 46.3 Å². The number of likely N-dealkylation sites (tertiary alicyclic amines) is 1. The maximum Gasteiger partial charge on any atom is 0.490 e. The molecule has 2 fully saturated rings. The van der Waals surface area contributed by atoms with E-state index >= 15 is 0 Å². The van der Waals surface area contributed by atoms with Crippen LogP contribution in [0.2, 0.25) is 0 Å². The van der Waals surface area contributed by atoms with Crippen molar-refractivity contribution < 1.29 is 36.2 Å². The lowest BCUT2D eigenvalue weighted by atomic mass is 10.0. The molecule has 3 heterocycles. The number of imidazole rings is 1. The SMILES string of the molecule is CN1CCC(N2CCN(Cc3cccc(-c4ccc(-c5nc6ccc(C(F)(F)F)cc6[nH]5)cc4)c3)CC2)CC1.O=C(O)C(F)(F)F. The number of alkyl halides is 6. The molecule has 6 rings (SSSR count). The van der Waals surface area contributed by atoms with E-state index < -0.39 is 23.9 Å². The summed E-state index contributed by atoms with van der Waals surface area (Å²) in [7, 11) is 2.22. The van der Waals surface area contributed by atoms with Gasteiger partial charge in [-0.3, -0.25) is 9.80 Å². The van der Waals surface area contributed by atoms with E-state index in [9.17, 15) is 26.3 Å². The van der Waals surface area contributed by atoms with Gasteiger partial charge in [0.25, 0.3) is 0 Å². The zero-order valence-corrected chi connectivity index (χ0v) is 25.2. The van der Waals surface area contributed by atoms with Crippen LogP contribution in [0.5, 0.6) is 0 Å². The summed E-state index contributed by atoms with van der Waals surface area (Å²) >= 11 is 0. The monoisotopic (exact) mass is 647 g/mol. The molecule has 46 heavy (non-hydrogen) atoms. The third-order valence-electron chi connectivity index (χ3n) is 8.49. The molecule has 0 radical (unpaired) electrons. The molecule has 0 spiro atoms. The van der Waals surface area contributed by atoms with E-state index in [4.69, 9.17) is 9.90 Å². The summed E-state index contributed by atoms with van der Waals surface area (Å²) in [5.41, 5.74) is 4.61. The number of carboxylic acid groups (broad SMARTS) is 1. The molecule has 0 bridgehead atoms. The van der Waals surface area contributed by atoms with Gasteiger partial charge in [0.2, 0.25) is 0 Å². The lowest BCUT2D eigenvalue weighted by Crippen LogP contribution is -2.52. The van der Waals surface area contributed by atoms with Crippen molar-refractivity contribution in [3.63, 3.8) is 0 Å². The van der Waals surface area contributed by atoms with Crippen molar-refractivity contribution in [1.82, 2.24) is 24.7 Å². The van der Waals surface area contributed by atoms with Crippen LogP contribution in [-0.4, -0.2) is 94.3 Å². The van der Waals surface area contributed by atoms with Crippen LogP contribution in [0.15, 0.2) is 66.7 Å². The number of aromatic amines is 1. The molecule has 2 aliphatic heterocycles. The summed E-state index contributed by atoms with van der Waals surface area (Å²) < 4.78 is 70.9. The number of aromatic nitrogens is 2. The lowest BCUT2D eigenvalue weighted by Gasteiger charge is -2.42. The Hall–Kier alpha value is -3.94. The number of hydrogen-bond acceptors (Lipinski definition) is 5. The first-order chi connectivity index (χ1) is 21.8. The first-order valence-corrected chi connectivity index (χ1v) is 15.0. The molecule has 4 aromatic rings. The van der Waals surface area contributed by atoms with E-state index in [0.29, 0.717) is 16.9 Å². The predicted molar refractivity (Wildman–Crippen MR) is 163 cm³/mol. The number of aliphatic carboxylic acids is 1. The molecule has 2 aliphatic rings. The smallest absolute Gasteiger partial charge is 0.475 e. The van der Waals surface area contributed by atoms with Gasteiger partial charge in [-0.15, -0.1) is 0 Å². The molecule has 0 amide bonds. The molecule has 246 valence electrons. The normalized spacial score (nSPS) is 17.5. The molecule has 2 saturated heterocycles. The average Bonchev–Trinajstić information content (AvgIpc) is 3.45. The Morgan fingerprint density at radius 3 is 2.09 bits per heavy atom. The van der Waals surface area contributed by atoms with Crippen LogP contribution in [0, 0.1) is 0 Å². The molecule has 0 saturated carbocycles. The third kappa shape index (κ3) is 8.45. The number of nitrogens with one attached hydrogen (secondary N) is 1. The largest absolute Gasteiger partial charge is 0.490 e. The van der Waals surface area contributed by atoms with E-state index in [1.165, 1.54) is 37.6 Å². The fourth-order valence-corrected chi connectivity index (χ4v) is 5.90. The van der Waals surface area contributed by atoms with Gasteiger partial charge in [0.15, 0.2) is 0 Å². The number of nitrogens with zero attached hydrogens (tertiary/aromatic N) is 4. The fourth-order valence-electron chi connectivity index (χ4n) is 5.90. The molecular weight excluding hydrogens is 612 g/mol. The second-order valence-corrected chi connectivity index (χ2v) is 11.7. The van der Waals surface area contributed by atoms with Crippen LogP contribution >= 0.6 is 0 Å². The van der Waals surface area contributed by atoms with Crippen LogP contribution in [0.25, 0.3) is 33.5 Å². The summed E-state index contributed by atoms with van der Waals surface area (Å²) in [4.78, 5) is 24.1. The van der Waals surface area contributed by atoms with Crippen molar-refractivity contribution in [3.05, 3.63) is 77.9 Å².